The molecule has 0 unspecified atom stereocenters. The average molecular weight is 335 g/mol. The van der Waals surface area contributed by atoms with Gasteiger partial charge in [0.05, 0.1) is 23.5 Å². The smallest absolute Gasteiger partial charge is 0.271 e. The number of hydrogen-bond acceptors (Lipinski definition) is 6. The number of nitrogens with one attached hydrogen (secondary N) is 1. The molecule has 1 heterocycles. The molecule has 0 saturated carbocycles. The summed E-state index contributed by atoms with van der Waals surface area (Å²) in [5.74, 6) is -0.108. The van der Waals surface area contributed by atoms with Crippen LogP contribution in [-0.2, 0) is 4.79 Å². The third-order valence-electron chi connectivity index (χ3n) is 2.81. The number of methoxy groups -OCH3 is 1. The summed E-state index contributed by atoms with van der Waals surface area (Å²) in [5, 5.41) is 25.2. The van der Waals surface area contributed by atoms with Crippen LogP contribution in [0.2, 0.25) is 0 Å². The highest BCUT2D eigenvalue weighted by Gasteiger charge is 2.15. The van der Waals surface area contributed by atoms with E-state index in [1.54, 1.807) is 18.2 Å². The maximum Gasteiger partial charge on any atom is 0.271 e. The van der Waals surface area contributed by atoms with Crippen molar-refractivity contribution in [2.75, 3.05) is 18.2 Å². The van der Waals surface area contributed by atoms with Crippen LogP contribution in [0.25, 0.3) is 0 Å². The Morgan fingerprint density at radius 2 is 2.17 bits per heavy atom. The zero-order chi connectivity index (χ0) is 16.8. The van der Waals surface area contributed by atoms with Crippen molar-refractivity contribution in [1.82, 2.24) is 0 Å². The molecule has 0 aliphatic heterocycles. The fourth-order valence-corrected chi connectivity index (χ4v) is 2.47. The minimum absolute atomic E-state index is 0.0158. The molecule has 1 amide bonds. The number of nitrogens with zero attached hydrogens (tertiary/aromatic N) is 2. The van der Waals surface area contributed by atoms with Crippen LogP contribution in [0.4, 0.5) is 11.4 Å². The summed E-state index contributed by atoms with van der Waals surface area (Å²) in [6.07, 6.45) is 1.34. The Balaban J connectivity index is 2.06. The average Bonchev–Trinajstić information content (AvgIpc) is 2.54. The minimum atomic E-state index is -0.561. The van der Waals surface area contributed by atoms with Gasteiger partial charge in [0.25, 0.3) is 10.7 Å². The highest BCUT2D eigenvalue weighted by Crippen LogP contribution is 2.29. The Bertz CT molecular complexity index is 738. The molecule has 1 aromatic carbocycles. The van der Waals surface area contributed by atoms with Crippen molar-refractivity contribution < 1.29 is 19.2 Å². The fourth-order valence-electron chi connectivity index (χ4n) is 1.76. The number of nitro groups is 1. The van der Waals surface area contributed by atoms with E-state index in [1.807, 2.05) is 0 Å². The zero-order valence-corrected chi connectivity index (χ0v) is 12.9. The summed E-state index contributed by atoms with van der Waals surface area (Å²) in [4.78, 5) is 22.2. The Labute approximate surface area is 135 Å². The molecule has 2 rings (SSSR count). The largest absolute Gasteiger partial charge is 0.618 e. The number of rotatable bonds is 6. The molecule has 1 N–H and O–H groups in total. The lowest BCUT2D eigenvalue weighted by atomic mass is 10.2. The Morgan fingerprint density at radius 1 is 1.39 bits per heavy atom. The van der Waals surface area contributed by atoms with E-state index in [0.29, 0.717) is 15.5 Å². The normalized spacial score (nSPS) is 10.1. The number of anilines is 1. The van der Waals surface area contributed by atoms with Gasteiger partial charge in [0, 0.05) is 24.3 Å². The number of thioether (sulfide) groups is 1. The SMILES string of the molecule is COc1ccc([N+](=O)[O-])cc1NC(=O)CSc1cccc[n+]1[O-]. The summed E-state index contributed by atoms with van der Waals surface area (Å²) in [6.45, 7) is 0. The maximum absolute atomic E-state index is 12.0. The first kappa shape index (κ1) is 16.6. The van der Waals surface area contributed by atoms with Crippen molar-refractivity contribution in [1.29, 1.82) is 0 Å². The monoisotopic (exact) mass is 335 g/mol. The minimum Gasteiger partial charge on any atom is -0.618 e. The first-order valence-corrected chi connectivity index (χ1v) is 7.43. The van der Waals surface area contributed by atoms with Gasteiger partial charge in [-0.25, -0.2) is 0 Å². The van der Waals surface area contributed by atoms with E-state index in [1.165, 1.54) is 31.5 Å². The summed E-state index contributed by atoms with van der Waals surface area (Å²) in [5.41, 5.74) is 0.0459. The van der Waals surface area contributed by atoms with E-state index >= 15 is 0 Å². The Morgan fingerprint density at radius 3 is 2.83 bits per heavy atom. The molecule has 0 fully saturated rings. The van der Waals surface area contributed by atoms with Crippen LogP contribution in [-0.4, -0.2) is 23.7 Å². The van der Waals surface area contributed by atoms with Gasteiger partial charge in [0.1, 0.15) is 5.75 Å². The number of ether oxygens (including phenoxy) is 1. The molecular formula is C14H13N3O5S. The van der Waals surface area contributed by atoms with Gasteiger partial charge in [-0.3, -0.25) is 14.9 Å². The summed E-state index contributed by atoms with van der Waals surface area (Å²) >= 11 is 1.06. The number of aromatic nitrogens is 1. The molecule has 8 nitrogen and oxygen atoms in total. The van der Waals surface area contributed by atoms with Crippen LogP contribution < -0.4 is 14.8 Å². The molecule has 23 heavy (non-hydrogen) atoms. The van der Waals surface area contributed by atoms with Gasteiger partial charge in [-0.15, -0.1) is 0 Å². The van der Waals surface area contributed by atoms with Crippen LogP contribution in [0.15, 0.2) is 47.6 Å². The number of non-ortho nitro benzene ring substituents is 1. The lowest BCUT2D eigenvalue weighted by Gasteiger charge is -2.09. The van der Waals surface area contributed by atoms with Gasteiger partial charge in [-0.05, 0) is 23.9 Å². The molecule has 0 saturated heterocycles. The fraction of sp³-hybridized carbons (Fsp3) is 0.143. The van der Waals surface area contributed by atoms with Gasteiger partial charge in [0.2, 0.25) is 5.91 Å². The molecule has 0 atom stereocenters. The molecule has 120 valence electrons. The molecule has 0 aliphatic carbocycles. The lowest BCUT2D eigenvalue weighted by molar-refractivity contribution is -0.645. The third-order valence-corrected chi connectivity index (χ3v) is 3.83. The van der Waals surface area contributed by atoms with Crippen LogP contribution in [0, 0.1) is 15.3 Å². The Hall–Kier alpha value is -2.81. The van der Waals surface area contributed by atoms with Crippen LogP contribution in [0.1, 0.15) is 0 Å². The summed E-state index contributed by atoms with van der Waals surface area (Å²) in [7, 11) is 1.40. The first-order chi connectivity index (χ1) is 11.0. The van der Waals surface area contributed by atoms with Gasteiger partial charge < -0.3 is 15.3 Å². The molecule has 0 spiro atoms. The standard InChI is InChI=1S/C14H13N3O5S/c1-22-12-6-5-10(17(20)21)8-11(12)15-13(18)9-23-14-4-2-3-7-16(14)19/h2-8H,9H2,1H3,(H,15,18). The lowest BCUT2D eigenvalue weighted by Crippen LogP contribution is -2.28. The van der Waals surface area contributed by atoms with E-state index in [4.69, 9.17) is 4.74 Å². The van der Waals surface area contributed by atoms with Crippen LogP contribution in [0.5, 0.6) is 5.75 Å². The maximum atomic E-state index is 12.0. The van der Waals surface area contributed by atoms with Crippen molar-refractivity contribution in [2.45, 2.75) is 5.03 Å². The third kappa shape index (κ3) is 4.33. The quantitative estimate of drug-likeness (QED) is 0.284. The van der Waals surface area contributed by atoms with Crippen LogP contribution >= 0.6 is 11.8 Å². The van der Waals surface area contributed by atoms with Crippen molar-refractivity contribution in [3.63, 3.8) is 0 Å². The molecule has 9 heteroatoms. The van der Waals surface area contributed by atoms with Gasteiger partial charge in [-0.2, -0.15) is 4.73 Å². The van der Waals surface area contributed by atoms with Gasteiger partial charge in [-0.1, -0.05) is 0 Å². The summed E-state index contributed by atoms with van der Waals surface area (Å²) < 4.78 is 5.72. The molecule has 2 aromatic rings. The van der Waals surface area contributed by atoms with E-state index in [-0.39, 0.29) is 17.1 Å². The van der Waals surface area contributed by atoms with Gasteiger partial charge >= 0.3 is 0 Å². The van der Waals surface area contributed by atoms with Crippen molar-refractivity contribution in [3.05, 3.63) is 57.9 Å². The predicted molar refractivity (Wildman–Crippen MR) is 84.4 cm³/mol. The number of amides is 1. The van der Waals surface area contributed by atoms with E-state index < -0.39 is 10.8 Å². The van der Waals surface area contributed by atoms with E-state index in [9.17, 15) is 20.1 Å². The molecular weight excluding hydrogens is 322 g/mol. The second kappa shape index (κ2) is 7.45. The highest BCUT2D eigenvalue weighted by atomic mass is 32.2. The topological polar surface area (TPSA) is 108 Å². The number of carbonyl (C=O) groups excluding carboxylic acids is 1. The molecule has 1 aromatic heterocycles. The second-order valence-electron chi connectivity index (χ2n) is 4.34. The van der Waals surface area contributed by atoms with Gasteiger partial charge in [0.15, 0.2) is 6.20 Å². The first-order valence-electron chi connectivity index (χ1n) is 6.44. The second-order valence-corrected chi connectivity index (χ2v) is 5.34. The van der Waals surface area contributed by atoms with Crippen molar-refractivity contribution in [3.8, 4) is 5.75 Å². The van der Waals surface area contributed by atoms with Crippen molar-refractivity contribution >= 4 is 29.0 Å². The molecule has 0 radical (unpaired) electrons. The number of hydrogen-bond donors (Lipinski definition) is 1. The number of nitro benzene ring substituents is 1. The number of pyridine rings is 1. The molecule has 0 aliphatic rings. The van der Waals surface area contributed by atoms with E-state index in [0.717, 1.165) is 11.8 Å². The zero-order valence-electron chi connectivity index (χ0n) is 12.1. The molecule has 0 bridgehead atoms. The number of carbonyl (C=O) groups is 1. The predicted octanol–water partition coefficient (Wildman–Crippen LogP) is 1.97. The van der Waals surface area contributed by atoms with E-state index in [2.05, 4.69) is 5.32 Å². The van der Waals surface area contributed by atoms with Crippen molar-refractivity contribution in [2.24, 2.45) is 0 Å². The Kier molecular flexibility index (Phi) is 5.36. The highest BCUT2D eigenvalue weighted by molar-refractivity contribution is 7.99. The summed E-state index contributed by atoms with van der Waals surface area (Å²) in [6, 6.07) is 8.79. The van der Waals surface area contributed by atoms with Crippen LogP contribution in [0.3, 0.4) is 0 Å². The number of benzene rings is 1.